The summed E-state index contributed by atoms with van der Waals surface area (Å²) in [5.41, 5.74) is 5.02. The molecule has 118 valence electrons. The van der Waals surface area contributed by atoms with Crippen molar-refractivity contribution in [3.8, 4) is 11.1 Å². The van der Waals surface area contributed by atoms with Gasteiger partial charge in [-0.15, -0.1) is 0 Å². The molecule has 0 amide bonds. The third kappa shape index (κ3) is 2.65. The number of anilines is 2. The van der Waals surface area contributed by atoms with Crippen LogP contribution >= 0.6 is 11.8 Å². The van der Waals surface area contributed by atoms with Crippen molar-refractivity contribution in [3.63, 3.8) is 0 Å². The summed E-state index contributed by atoms with van der Waals surface area (Å²) in [6.45, 7) is 0. The van der Waals surface area contributed by atoms with Gasteiger partial charge in [0.1, 0.15) is 0 Å². The third-order valence-corrected chi connectivity index (χ3v) is 5.13. The molecule has 4 heteroatoms. The molecule has 3 aromatic rings. The first-order chi connectivity index (χ1) is 11.7. The highest BCUT2D eigenvalue weighted by Crippen LogP contribution is 2.45. The third-order valence-electron chi connectivity index (χ3n) is 4.00. The predicted octanol–water partition coefficient (Wildman–Crippen LogP) is 5.35. The highest BCUT2D eigenvalue weighted by Gasteiger charge is 2.15. The molecular weight excluding hydrogens is 318 g/mol. The van der Waals surface area contributed by atoms with Crippen molar-refractivity contribution in [2.24, 2.45) is 0 Å². The maximum Gasteiger partial charge on any atom is 0.337 e. The van der Waals surface area contributed by atoms with Crippen LogP contribution in [0, 0.1) is 0 Å². The normalized spacial score (nSPS) is 11.9. The quantitative estimate of drug-likeness (QED) is 0.502. The summed E-state index contributed by atoms with van der Waals surface area (Å²) in [4.78, 5) is 14.0. The molecule has 0 spiro atoms. The molecule has 0 fully saturated rings. The molecule has 24 heavy (non-hydrogen) atoms. The minimum absolute atomic E-state index is 0.316. The maximum atomic E-state index is 11.5. The number of esters is 1. The van der Waals surface area contributed by atoms with Crippen LogP contribution in [-0.4, -0.2) is 13.1 Å². The number of ether oxygens (including phenoxy) is 1. The summed E-state index contributed by atoms with van der Waals surface area (Å²) in [5.74, 6) is -0.316. The zero-order chi connectivity index (χ0) is 16.5. The summed E-state index contributed by atoms with van der Waals surface area (Å²) in [5, 5.41) is 3.47. The van der Waals surface area contributed by atoms with E-state index in [0.29, 0.717) is 5.56 Å². The zero-order valence-corrected chi connectivity index (χ0v) is 13.9. The molecule has 0 radical (unpaired) electrons. The highest BCUT2D eigenvalue weighted by molar-refractivity contribution is 7.99. The van der Waals surface area contributed by atoms with E-state index in [9.17, 15) is 4.79 Å². The summed E-state index contributed by atoms with van der Waals surface area (Å²) in [6, 6.07) is 22.1. The van der Waals surface area contributed by atoms with Gasteiger partial charge >= 0.3 is 5.97 Å². The molecule has 0 aromatic heterocycles. The molecule has 3 aromatic carbocycles. The second-order valence-corrected chi connectivity index (χ2v) is 6.59. The van der Waals surface area contributed by atoms with E-state index >= 15 is 0 Å². The second-order valence-electron chi connectivity index (χ2n) is 5.50. The summed E-state index contributed by atoms with van der Waals surface area (Å²) in [6.07, 6.45) is 0. The maximum absolute atomic E-state index is 11.5. The predicted molar refractivity (Wildman–Crippen MR) is 97.1 cm³/mol. The van der Waals surface area contributed by atoms with Crippen LogP contribution in [0.5, 0.6) is 0 Å². The van der Waals surface area contributed by atoms with Crippen LogP contribution in [0.4, 0.5) is 11.4 Å². The Morgan fingerprint density at radius 2 is 1.58 bits per heavy atom. The molecule has 4 rings (SSSR count). The summed E-state index contributed by atoms with van der Waals surface area (Å²) in [7, 11) is 1.39. The molecule has 3 nitrogen and oxygen atoms in total. The Morgan fingerprint density at radius 3 is 2.38 bits per heavy atom. The van der Waals surface area contributed by atoms with Gasteiger partial charge in [-0.2, -0.15) is 0 Å². The van der Waals surface area contributed by atoms with Gasteiger partial charge in [-0.1, -0.05) is 42.1 Å². The van der Waals surface area contributed by atoms with Crippen molar-refractivity contribution in [2.45, 2.75) is 9.79 Å². The molecule has 0 bridgehead atoms. The molecular formula is C20H15NO2S. The van der Waals surface area contributed by atoms with Gasteiger partial charge in [-0.05, 0) is 47.5 Å². The fourth-order valence-electron chi connectivity index (χ4n) is 2.73. The molecule has 1 heterocycles. The Hall–Kier alpha value is -2.72. The first-order valence-corrected chi connectivity index (χ1v) is 8.43. The fourth-order valence-corrected chi connectivity index (χ4v) is 3.76. The van der Waals surface area contributed by atoms with Crippen molar-refractivity contribution in [1.82, 2.24) is 0 Å². The minimum Gasteiger partial charge on any atom is -0.465 e. The SMILES string of the molecule is COC(=O)c1ccc(-c2ccc3c(c2)Sc2ccccc2N3)cc1. The zero-order valence-electron chi connectivity index (χ0n) is 13.1. The Morgan fingerprint density at radius 1 is 0.875 bits per heavy atom. The van der Waals surface area contributed by atoms with Gasteiger partial charge in [-0.3, -0.25) is 0 Å². The Kier molecular flexibility index (Phi) is 3.75. The lowest BCUT2D eigenvalue weighted by atomic mass is 10.0. The van der Waals surface area contributed by atoms with Crippen LogP contribution in [0.3, 0.4) is 0 Å². The number of methoxy groups -OCH3 is 1. The number of fused-ring (bicyclic) bond motifs is 2. The Balaban J connectivity index is 1.66. The number of para-hydroxylation sites is 1. The van der Waals surface area contributed by atoms with E-state index in [0.717, 1.165) is 22.5 Å². The highest BCUT2D eigenvalue weighted by atomic mass is 32.2. The summed E-state index contributed by atoms with van der Waals surface area (Å²) < 4.78 is 4.74. The topological polar surface area (TPSA) is 38.3 Å². The molecule has 1 aliphatic rings. The molecule has 0 saturated carbocycles. The van der Waals surface area contributed by atoms with Crippen LogP contribution in [-0.2, 0) is 4.74 Å². The number of carbonyl (C=O) groups is 1. The fraction of sp³-hybridized carbons (Fsp3) is 0.0500. The van der Waals surface area contributed by atoms with Crippen molar-refractivity contribution >= 4 is 29.1 Å². The van der Waals surface area contributed by atoms with Crippen molar-refractivity contribution in [2.75, 3.05) is 12.4 Å². The largest absolute Gasteiger partial charge is 0.465 e. The van der Waals surface area contributed by atoms with E-state index in [-0.39, 0.29) is 5.97 Å². The van der Waals surface area contributed by atoms with Crippen molar-refractivity contribution in [1.29, 1.82) is 0 Å². The molecule has 0 unspecified atom stereocenters. The van der Waals surface area contributed by atoms with Crippen LogP contribution in [0.15, 0.2) is 76.5 Å². The number of hydrogen-bond donors (Lipinski definition) is 1. The Labute approximate surface area is 144 Å². The molecule has 1 N–H and O–H groups in total. The van der Waals surface area contributed by atoms with E-state index in [2.05, 4.69) is 35.6 Å². The first-order valence-electron chi connectivity index (χ1n) is 7.61. The van der Waals surface area contributed by atoms with E-state index in [4.69, 9.17) is 4.74 Å². The smallest absolute Gasteiger partial charge is 0.337 e. The Bertz CT molecular complexity index is 919. The van der Waals surface area contributed by atoms with Crippen molar-refractivity contribution < 1.29 is 9.53 Å². The molecule has 0 aliphatic carbocycles. The lowest BCUT2D eigenvalue weighted by Crippen LogP contribution is -2.00. The van der Waals surface area contributed by atoms with Gasteiger partial charge < -0.3 is 10.1 Å². The first kappa shape index (κ1) is 14.8. The van der Waals surface area contributed by atoms with Gasteiger partial charge in [0.05, 0.1) is 24.0 Å². The lowest BCUT2D eigenvalue weighted by Gasteiger charge is -2.21. The molecule has 1 aliphatic heterocycles. The minimum atomic E-state index is -0.316. The van der Waals surface area contributed by atoms with Crippen LogP contribution in [0.1, 0.15) is 10.4 Å². The van der Waals surface area contributed by atoms with E-state index < -0.39 is 0 Å². The van der Waals surface area contributed by atoms with Gasteiger partial charge in [0.15, 0.2) is 0 Å². The van der Waals surface area contributed by atoms with Gasteiger partial charge in [0.25, 0.3) is 0 Å². The van der Waals surface area contributed by atoms with Crippen LogP contribution < -0.4 is 5.32 Å². The van der Waals surface area contributed by atoms with Gasteiger partial charge in [-0.25, -0.2) is 4.79 Å². The standard InChI is InChI=1S/C20H15NO2S/c1-23-20(22)14-8-6-13(7-9-14)15-10-11-17-19(12-15)24-18-5-3-2-4-16(18)21-17/h2-12,21H,1H3. The van der Waals surface area contributed by atoms with Crippen LogP contribution in [0.2, 0.25) is 0 Å². The second kappa shape index (κ2) is 6.06. The van der Waals surface area contributed by atoms with Gasteiger partial charge in [0, 0.05) is 9.79 Å². The van der Waals surface area contributed by atoms with E-state index in [1.54, 1.807) is 23.9 Å². The monoisotopic (exact) mass is 333 g/mol. The number of benzene rings is 3. The average Bonchev–Trinajstić information content (AvgIpc) is 2.65. The number of carbonyl (C=O) groups excluding carboxylic acids is 1. The summed E-state index contributed by atoms with van der Waals surface area (Å²) >= 11 is 1.77. The number of hydrogen-bond acceptors (Lipinski definition) is 4. The molecule has 0 atom stereocenters. The van der Waals surface area contributed by atoms with E-state index in [1.165, 1.54) is 16.9 Å². The number of nitrogens with one attached hydrogen (secondary N) is 1. The number of rotatable bonds is 2. The van der Waals surface area contributed by atoms with Crippen LogP contribution in [0.25, 0.3) is 11.1 Å². The average molecular weight is 333 g/mol. The van der Waals surface area contributed by atoms with Crippen molar-refractivity contribution in [3.05, 3.63) is 72.3 Å². The van der Waals surface area contributed by atoms with E-state index in [1.807, 2.05) is 24.3 Å². The molecule has 0 saturated heterocycles. The van der Waals surface area contributed by atoms with Gasteiger partial charge in [0.2, 0.25) is 0 Å². The lowest BCUT2D eigenvalue weighted by molar-refractivity contribution is 0.0601.